The van der Waals surface area contributed by atoms with Gasteiger partial charge in [-0.3, -0.25) is 14.9 Å². The third kappa shape index (κ3) is 3.48. The Morgan fingerprint density at radius 1 is 1.20 bits per heavy atom. The van der Waals surface area contributed by atoms with Crippen LogP contribution in [0.3, 0.4) is 0 Å². The molecule has 0 atom stereocenters. The first-order chi connectivity index (χ1) is 9.09. The summed E-state index contributed by atoms with van der Waals surface area (Å²) in [7, 11) is 0. The number of ketones is 1. The minimum Gasteiger partial charge on any atom is -1.00 e. The van der Waals surface area contributed by atoms with Crippen LogP contribution in [0.15, 0.2) is 48.7 Å². The van der Waals surface area contributed by atoms with Crippen LogP contribution in [0.5, 0.6) is 0 Å². The van der Waals surface area contributed by atoms with Crippen molar-refractivity contribution in [2.24, 2.45) is 0 Å². The fourth-order valence-corrected chi connectivity index (χ4v) is 1.85. The summed E-state index contributed by atoms with van der Waals surface area (Å²) in [4.78, 5) is 22.5. The van der Waals surface area contributed by atoms with Crippen LogP contribution in [0.1, 0.15) is 16.1 Å². The number of Topliss-reactive ketones (excluding diaryl/α,β-unsaturated/α-hetero) is 1. The van der Waals surface area contributed by atoms with Gasteiger partial charge in [0.25, 0.3) is 5.69 Å². The van der Waals surface area contributed by atoms with Crippen molar-refractivity contribution in [1.29, 1.82) is 0 Å². The van der Waals surface area contributed by atoms with Gasteiger partial charge in [0.15, 0.2) is 11.9 Å². The van der Waals surface area contributed by atoms with Crippen molar-refractivity contribution in [1.82, 2.24) is 0 Å². The molecule has 2 aromatic rings. The summed E-state index contributed by atoms with van der Waals surface area (Å²) in [5.74, 6) is -0.272. The van der Waals surface area contributed by atoms with Gasteiger partial charge in [-0.15, -0.1) is 0 Å². The molecule has 0 saturated carbocycles. The molecule has 0 bridgehead atoms. The van der Waals surface area contributed by atoms with Crippen LogP contribution < -0.4 is 21.5 Å². The lowest BCUT2D eigenvalue weighted by Gasteiger charge is -2.01. The van der Waals surface area contributed by atoms with Crippen LogP contribution in [0.2, 0.25) is 0 Å². The molecule has 0 aliphatic rings. The third-order valence-corrected chi connectivity index (χ3v) is 2.88. The largest absolute Gasteiger partial charge is 1.00 e. The van der Waals surface area contributed by atoms with Crippen LogP contribution >= 0.6 is 0 Å². The van der Waals surface area contributed by atoms with Crippen molar-refractivity contribution >= 4 is 11.5 Å². The number of pyridine rings is 1. The van der Waals surface area contributed by atoms with Gasteiger partial charge in [-0.1, -0.05) is 18.2 Å². The summed E-state index contributed by atoms with van der Waals surface area (Å²) < 4.78 is 1.76. The number of para-hydroxylation sites is 1. The van der Waals surface area contributed by atoms with E-state index in [0.717, 1.165) is 5.69 Å². The zero-order valence-corrected chi connectivity index (χ0v) is 12.4. The second kappa shape index (κ2) is 6.91. The number of aromatic nitrogens is 1. The minimum atomic E-state index is -0.532. The molecule has 0 aliphatic heterocycles. The van der Waals surface area contributed by atoms with E-state index in [1.165, 1.54) is 12.1 Å². The Bertz CT molecular complexity index is 644. The smallest absolute Gasteiger partial charge is 0.280 e. The molecule has 1 heterocycles. The number of aryl methyl sites for hydroxylation is 1. The van der Waals surface area contributed by atoms with Gasteiger partial charge in [0.05, 0.1) is 4.92 Å². The van der Waals surface area contributed by atoms with Crippen molar-refractivity contribution in [3.8, 4) is 0 Å². The van der Waals surface area contributed by atoms with E-state index in [-0.39, 0.29) is 40.6 Å². The number of nitro benzene ring substituents is 1. The van der Waals surface area contributed by atoms with E-state index in [0.29, 0.717) is 0 Å². The summed E-state index contributed by atoms with van der Waals surface area (Å²) in [6, 6.07) is 11.6. The van der Waals surface area contributed by atoms with Crippen LogP contribution in [0.25, 0.3) is 0 Å². The fourth-order valence-electron chi connectivity index (χ4n) is 1.85. The zero-order valence-electron chi connectivity index (χ0n) is 10.8. The van der Waals surface area contributed by atoms with E-state index < -0.39 is 4.92 Å². The maximum Gasteiger partial charge on any atom is 0.280 e. The monoisotopic (exact) mass is 336 g/mol. The van der Waals surface area contributed by atoms with E-state index in [4.69, 9.17) is 0 Å². The van der Waals surface area contributed by atoms with Crippen LogP contribution in [-0.4, -0.2) is 10.7 Å². The molecule has 0 N–H and O–H groups in total. The normalized spacial score (nSPS) is 9.65. The average molecular weight is 337 g/mol. The summed E-state index contributed by atoms with van der Waals surface area (Å²) >= 11 is 0. The Labute approximate surface area is 126 Å². The Hall–Kier alpha value is -2.08. The Kier molecular flexibility index (Phi) is 5.52. The highest BCUT2D eigenvalue weighted by atomic mass is 79.9. The SMILES string of the molecule is Cc1cccc[n+]1CC(=O)c1ccccc1[N+](=O)[O-].[Br-]. The molecule has 5 nitrogen and oxygen atoms in total. The lowest BCUT2D eigenvalue weighted by Crippen LogP contribution is -3.00. The van der Waals surface area contributed by atoms with E-state index in [9.17, 15) is 14.9 Å². The molecular formula is C14H13BrN2O3. The van der Waals surface area contributed by atoms with Gasteiger partial charge >= 0.3 is 0 Å². The van der Waals surface area contributed by atoms with Gasteiger partial charge in [0.1, 0.15) is 5.56 Å². The second-order valence-electron chi connectivity index (χ2n) is 4.17. The van der Waals surface area contributed by atoms with Crippen LogP contribution in [0, 0.1) is 17.0 Å². The third-order valence-electron chi connectivity index (χ3n) is 2.88. The lowest BCUT2D eigenvalue weighted by molar-refractivity contribution is -0.689. The number of hydrogen-bond acceptors (Lipinski definition) is 3. The molecule has 104 valence electrons. The first kappa shape index (κ1) is 16.0. The molecule has 0 amide bonds. The fraction of sp³-hybridized carbons (Fsp3) is 0.143. The summed E-state index contributed by atoms with van der Waals surface area (Å²) in [5, 5.41) is 10.9. The molecule has 0 spiro atoms. The standard InChI is InChI=1S/C14H13N2O3.BrH/c1-11-6-4-5-9-15(11)10-14(17)12-7-2-3-8-13(12)16(18)19;/h2-9H,10H2,1H3;1H/q+1;/p-1. The number of rotatable bonds is 4. The second-order valence-corrected chi connectivity index (χ2v) is 4.17. The highest BCUT2D eigenvalue weighted by Gasteiger charge is 2.22. The number of benzene rings is 1. The molecule has 1 aromatic heterocycles. The summed E-state index contributed by atoms with van der Waals surface area (Å²) in [6.45, 7) is 1.98. The quantitative estimate of drug-likeness (QED) is 0.314. The van der Waals surface area contributed by atoms with E-state index >= 15 is 0 Å². The predicted octanol–water partition coefficient (Wildman–Crippen LogP) is -0.922. The number of nitro groups is 1. The van der Waals surface area contributed by atoms with Gasteiger partial charge in [-0.05, 0) is 6.07 Å². The average Bonchev–Trinajstić information content (AvgIpc) is 2.41. The molecule has 0 radical (unpaired) electrons. The van der Waals surface area contributed by atoms with Gasteiger partial charge < -0.3 is 17.0 Å². The minimum absolute atomic E-state index is 0. The van der Waals surface area contributed by atoms with Crippen molar-refractivity contribution in [3.63, 3.8) is 0 Å². The topological polar surface area (TPSA) is 64.1 Å². The maximum absolute atomic E-state index is 12.2. The molecular weight excluding hydrogens is 324 g/mol. The van der Waals surface area contributed by atoms with Gasteiger partial charge in [-0.25, -0.2) is 0 Å². The Morgan fingerprint density at radius 3 is 2.50 bits per heavy atom. The van der Waals surface area contributed by atoms with Crippen molar-refractivity contribution in [2.75, 3.05) is 0 Å². The van der Waals surface area contributed by atoms with Gasteiger partial charge in [0.2, 0.25) is 12.3 Å². The Balaban J connectivity index is 0.00000200. The molecule has 2 rings (SSSR count). The molecule has 0 unspecified atom stereocenters. The first-order valence-electron chi connectivity index (χ1n) is 5.81. The lowest BCUT2D eigenvalue weighted by atomic mass is 10.1. The van der Waals surface area contributed by atoms with E-state index in [1.54, 1.807) is 22.9 Å². The molecule has 20 heavy (non-hydrogen) atoms. The van der Waals surface area contributed by atoms with Crippen LogP contribution in [-0.2, 0) is 6.54 Å². The van der Waals surface area contributed by atoms with Gasteiger partial charge in [0, 0.05) is 25.1 Å². The number of hydrogen-bond donors (Lipinski definition) is 0. The first-order valence-corrected chi connectivity index (χ1v) is 5.81. The number of carbonyl (C=O) groups is 1. The van der Waals surface area contributed by atoms with Crippen LogP contribution in [0.4, 0.5) is 5.69 Å². The molecule has 0 aliphatic carbocycles. The Morgan fingerprint density at radius 2 is 1.85 bits per heavy atom. The predicted molar refractivity (Wildman–Crippen MR) is 68.8 cm³/mol. The number of nitrogens with zero attached hydrogens (tertiary/aromatic N) is 2. The van der Waals surface area contributed by atoms with Gasteiger partial charge in [-0.2, -0.15) is 4.57 Å². The highest BCUT2D eigenvalue weighted by Crippen LogP contribution is 2.18. The number of carbonyl (C=O) groups excluding carboxylic acids is 1. The highest BCUT2D eigenvalue weighted by molar-refractivity contribution is 5.98. The summed E-state index contributed by atoms with van der Waals surface area (Å²) in [6.07, 6.45) is 1.78. The van der Waals surface area contributed by atoms with Crippen molar-refractivity contribution in [2.45, 2.75) is 13.5 Å². The zero-order chi connectivity index (χ0) is 13.8. The van der Waals surface area contributed by atoms with E-state index in [1.807, 2.05) is 25.1 Å². The van der Waals surface area contributed by atoms with Crippen molar-refractivity contribution in [3.05, 3.63) is 70.0 Å². The molecule has 6 heteroatoms. The number of halogens is 1. The maximum atomic E-state index is 12.2. The molecule has 0 saturated heterocycles. The summed E-state index contributed by atoms with van der Waals surface area (Å²) in [5.41, 5.74) is 0.916. The molecule has 0 fully saturated rings. The van der Waals surface area contributed by atoms with Crippen molar-refractivity contribution < 1.29 is 31.3 Å². The van der Waals surface area contributed by atoms with E-state index in [2.05, 4.69) is 0 Å². The molecule has 1 aromatic carbocycles.